The first-order chi connectivity index (χ1) is 13.4. The fourth-order valence-corrected chi connectivity index (χ4v) is 3.26. The molecule has 3 rings (SSSR count). The van der Waals surface area contributed by atoms with Crippen LogP contribution in [0, 0.1) is 12.7 Å². The fourth-order valence-electron chi connectivity index (χ4n) is 2.43. The first-order valence-corrected chi connectivity index (χ1v) is 9.56. The number of aryl methyl sites for hydroxylation is 1. The number of anilines is 1. The number of hydrogen-bond donors (Lipinski definition) is 1. The summed E-state index contributed by atoms with van der Waals surface area (Å²) in [5, 5.41) is 5.20. The molecular weight excluding hydrogens is 379 g/mol. The normalized spacial score (nSPS) is 11.7. The molecule has 0 bridgehead atoms. The number of nitrogens with one attached hydrogen (secondary N) is 1. The molecule has 5 nitrogen and oxygen atoms in total. The third-order valence-corrected chi connectivity index (χ3v) is 4.91. The molecule has 1 aromatic heterocycles. The van der Waals surface area contributed by atoms with Crippen LogP contribution in [-0.4, -0.2) is 23.0 Å². The number of carbonyl (C=O) groups excluding carboxylic acids is 2. The van der Waals surface area contributed by atoms with Crippen LogP contribution >= 0.6 is 11.3 Å². The maximum atomic E-state index is 12.9. The molecule has 3 aromatic rings. The van der Waals surface area contributed by atoms with Gasteiger partial charge >= 0.3 is 5.97 Å². The largest absolute Gasteiger partial charge is 0.452 e. The van der Waals surface area contributed by atoms with Crippen LogP contribution in [0.15, 0.2) is 53.9 Å². The zero-order valence-electron chi connectivity index (χ0n) is 15.4. The molecule has 0 radical (unpaired) electrons. The van der Waals surface area contributed by atoms with Crippen LogP contribution in [0.4, 0.5) is 10.1 Å². The average molecular weight is 398 g/mol. The average Bonchev–Trinajstić information content (AvgIpc) is 3.12. The highest BCUT2D eigenvalue weighted by Crippen LogP contribution is 2.24. The van der Waals surface area contributed by atoms with Crippen LogP contribution in [0.25, 0.3) is 10.6 Å². The van der Waals surface area contributed by atoms with E-state index in [1.54, 1.807) is 5.38 Å². The molecule has 7 heteroatoms. The van der Waals surface area contributed by atoms with Gasteiger partial charge in [0, 0.05) is 16.6 Å². The van der Waals surface area contributed by atoms with Gasteiger partial charge in [0.2, 0.25) is 0 Å². The van der Waals surface area contributed by atoms with Crippen LogP contribution in [0.3, 0.4) is 0 Å². The number of carbonyl (C=O) groups is 2. The Morgan fingerprint density at radius 1 is 1.14 bits per heavy atom. The number of rotatable bonds is 6. The van der Waals surface area contributed by atoms with Crippen molar-refractivity contribution in [1.82, 2.24) is 4.98 Å². The predicted molar refractivity (Wildman–Crippen MR) is 107 cm³/mol. The first kappa shape index (κ1) is 19.7. The molecule has 0 saturated carbocycles. The number of aromatic nitrogens is 1. The summed E-state index contributed by atoms with van der Waals surface area (Å²) in [5.41, 5.74) is 3.17. The zero-order valence-corrected chi connectivity index (χ0v) is 16.3. The van der Waals surface area contributed by atoms with Crippen LogP contribution in [-0.2, 0) is 20.7 Å². The third-order valence-electron chi connectivity index (χ3n) is 3.96. The smallest absolute Gasteiger partial charge is 0.312 e. The standard InChI is InChI=1S/C21H19FN2O3S/c1-13-3-5-15(6-4-13)21-24-18(12-28-21)11-19(25)27-14(2)20(26)23-17-9-7-16(22)8-10-17/h3-10,12,14H,11H2,1-2H3,(H,23,26)/t14-/m0/s1. The van der Waals surface area contributed by atoms with Crippen LogP contribution in [0.5, 0.6) is 0 Å². The summed E-state index contributed by atoms with van der Waals surface area (Å²) < 4.78 is 18.1. The van der Waals surface area contributed by atoms with E-state index in [0.29, 0.717) is 11.4 Å². The van der Waals surface area contributed by atoms with E-state index in [-0.39, 0.29) is 6.42 Å². The molecule has 0 aliphatic rings. The van der Waals surface area contributed by atoms with Gasteiger partial charge in [0.05, 0.1) is 12.1 Å². The van der Waals surface area contributed by atoms with Gasteiger partial charge in [-0.25, -0.2) is 9.37 Å². The van der Waals surface area contributed by atoms with E-state index in [0.717, 1.165) is 16.1 Å². The molecule has 0 saturated heterocycles. The number of benzene rings is 2. The van der Waals surface area contributed by atoms with Gasteiger partial charge in [0.1, 0.15) is 10.8 Å². The van der Waals surface area contributed by atoms with Gasteiger partial charge in [-0.2, -0.15) is 0 Å². The van der Waals surface area contributed by atoms with Crippen molar-refractivity contribution >= 4 is 28.9 Å². The Balaban J connectivity index is 1.54. The molecule has 0 unspecified atom stereocenters. The predicted octanol–water partition coefficient (Wildman–Crippen LogP) is 4.37. The van der Waals surface area contributed by atoms with Crippen molar-refractivity contribution in [2.75, 3.05) is 5.32 Å². The van der Waals surface area contributed by atoms with E-state index in [1.807, 2.05) is 31.2 Å². The topological polar surface area (TPSA) is 68.3 Å². The number of esters is 1. The quantitative estimate of drug-likeness (QED) is 0.626. The van der Waals surface area contributed by atoms with Gasteiger partial charge in [0.25, 0.3) is 5.91 Å². The van der Waals surface area contributed by atoms with Crippen molar-refractivity contribution in [1.29, 1.82) is 0 Å². The third kappa shape index (κ3) is 5.23. The van der Waals surface area contributed by atoms with Gasteiger partial charge in [-0.1, -0.05) is 29.8 Å². The summed E-state index contributed by atoms with van der Waals surface area (Å²) >= 11 is 1.45. The van der Waals surface area contributed by atoms with E-state index in [2.05, 4.69) is 10.3 Å². The van der Waals surface area contributed by atoms with Crippen molar-refractivity contribution in [2.24, 2.45) is 0 Å². The van der Waals surface area contributed by atoms with Gasteiger partial charge in [-0.15, -0.1) is 11.3 Å². The SMILES string of the molecule is Cc1ccc(-c2nc(CC(=O)O[C@@H](C)C(=O)Nc3ccc(F)cc3)cs2)cc1. The Labute approximate surface area is 166 Å². The highest BCUT2D eigenvalue weighted by atomic mass is 32.1. The summed E-state index contributed by atoms with van der Waals surface area (Å²) in [6, 6.07) is 13.3. The maximum absolute atomic E-state index is 12.9. The van der Waals surface area contributed by atoms with Gasteiger partial charge < -0.3 is 10.1 Å². The Kier molecular flexibility index (Phi) is 6.16. The Morgan fingerprint density at radius 3 is 2.50 bits per heavy atom. The molecule has 1 heterocycles. The monoisotopic (exact) mass is 398 g/mol. The molecule has 144 valence electrons. The number of amides is 1. The minimum atomic E-state index is -0.979. The molecule has 0 spiro atoms. The molecule has 28 heavy (non-hydrogen) atoms. The number of hydrogen-bond acceptors (Lipinski definition) is 5. The second kappa shape index (κ2) is 8.75. The lowest BCUT2D eigenvalue weighted by atomic mass is 10.2. The first-order valence-electron chi connectivity index (χ1n) is 8.68. The highest BCUT2D eigenvalue weighted by molar-refractivity contribution is 7.13. The summed E-state index contributed by atoms with van der Waals surface area (Å²) in [6.45, 7) is 3.50. The van der Waals surface area contributed by atoms with Crippen LogP contribution in [0.1, 0.15) is 18.2 Å². The van der Waals surface area contributed by atoms with Crippen molar-refractivity contribution in [2.45, 2.75) is 26.4 Å². The lowest BCUT2D eigenvalue weighted by Crippen LogP contribution is -2.30. The van der Waals surface area contributed by atoms with Crippen LogP contribution < -0.4 is 5.32 Å². The van der Waals surface area contributed by atoms with E-state index in [4.69, 9.17) is 4.74 Å². The number of thiazole rings is 1. The van der Waals surface area contributed by atoms with Gasteiger partial charge in [-0.3, -0.25) is 9.59 Å². The molecule has 2 aromatic carbocycles. The van der Waals surface area contributed by atoms with E-state index >= 15 is 0 Å². The van der Waals surface area contributed by atoms with Crippen molar-refractivity contribution in [3.05, 3.63) is 71.0 Å². The summed E-state index contributed by atoms with van der Waals surface area (Å²) in [7, 11) is 0. The Morgan fingerprint density at radius 2 is 1.82 bits per heavy atom. The van der Waals surface area contributed by atoms with E-state index in [1.165, 1.54) is 42.5 Å². The lowest BCUT2D eigenvalue weighted by Gasteiger charge is -2.13. The summed E-state index contributed by atoms with van der Waals surface area (Å²) in [4.78, 5) is 28.7. The number of ether oxygens (including phenoxy) is 1. The Hall–Kier alpha value is -3.06. The highest BCUT2D eigenvalue weighted by Gasteiger charge is 2.19. The van der Waals surface area contributed by atoms with E-state index in [9.17, 15) is 14.0 Å². The molecule has 1 N–H and O–H groups in total. The maximum Gasteiger partial charge on any atom is 0.312 e. The van der Waals surface area contributed by atoms with Crippen LogP contribution in [0.2, 0.25) is 0 Å². The second-order valence-corrected chi connectivity index (χ2v) is 7.17. The molecular formula is C21H19FN2O3S. The van der Waals surface area contributed by atoms with Crippen molar-refractivity contribution in [3.63, 3.8) is 0 Å². The number of nitrogens with zero attached hydrogens (tertiary/aromatic N) is 1. The fraction of sp³-hybridized carbons (Fsp3) is 0.190. The zero-order chi connectivity index (χ0) is 20.1. The summed E-state index contributed by atoms with van der Waals surface area (Å²) in [6.07, 6.45) is -0.996. The minimum absolute atomic E-state index is 0.0173. The van der Waals surface area contributed by atoms with Crippen molar-refractivity contribution in [3.8, 4) is 10.6 Å². The van der Waals surface area contributed by atoms with Gasteiger partial charge in [-0.05, 0) is 38.1 Å². The molecule has 0 fully saturated rings. The second-order valence-electron chi connectivity index (χ2n) is 6.32. The number of halogens is 1. The Bertz CT molecular complexity index is 968. The molecule has 0 aliphatic heterocycles. The minimum Gasteiger partial charge on any atom is -0.452 e. The molecule has 0 aliphatic carbocycles. The molecule has 1 amide bonds. The summed E-state index contributed by atoms with van der Waals surface area (Å²) in [5.74, 6) is -1.42. The van der Waals surface area contributed by atoms with Gasteiger partial charge in [0.15, 0.2) is 6.10 Å². The lowest BCUT2D eigenvalue weighted by molar-refractivity contribution is -0.152. The molecule has 1 atom stereocenters. The van der Waals surface area contributed by atoms with Crippen molar-refractivity contribution < 1.29 is 18.7 Å². The van der Waals surface area contributed by atoms with E-state index < -0.39 is 23.8 Å².